The van der Waals surface area contributed by atoms with Crippen molar-refractivity contribution in [2.45, 2.75) is 50.7 Å². The first-order chi connectivity index (χ1) is 9.00. The van der Waals surface area contributed by atoms with Gasteiger partial charge in [0.05, 0.1) is 12.1 Å². The number of likely N-dealkylation sites (N-methyl/N-ethyl adjacent to an activating group) is 1. The normalized spacial score (nSPS) is 28.1. The molecule has 1 aliphatic heterocycles. The molecule has 0 aromatic carbocycles. The zero-order valence-electron chi connectivity index (χ0n) is 11.5. The smallest absolute Gasteiger partial charge is 0.270 e. The van der Waals surface area contributed by atoms with Crippen molar-refractivity contribution in [3.63, 3.8) is 0 Å². The van der Waals surface area contributed by atoms with Crippen LogP contribution in [0.1, 0.15) is 38.5 Å². The molecule has 2 unspecified atom stereocenters. The van der Waals surface area contributed by atoms with E-state index < -0.39 is 6.10 Å². The molecule has 0 aromatic heterocycles. The second-order valence-electron chi connectivity index (χ2n) is 5.30. The number of carbonyl (C=O) groups is 2. The number of rotatable bonds is 2. The Morgan fingerprint density at radius 1 is 1.37 bits per heavy atom. The predicted molar refractivity (Wildman–Crippen MR) is 70.5 cm³/mol. The van der Waals surface area contributed by atoms with E-state index in [-0.39, 0.29) is 17.9 Å². The number of amides is 2. The summed E-state index contributed by atoms with van der Waals surface area (Å²) >= 11 is 0. The van der Waals surface area contributed by atoms with E-state index in [4.69, 9.17) is 0 Å². The van der Waals surface area contributed by atoms with E-state index in [1.54, 1.807) is 19.0 Å². The van der Waals surface area contributed by atoms with Crippen LogP contribution in [0.5, 0.6) is 0 Å². The lowest BCUT2D eigenvalue weighted by molar-refractivity contribution is -0.131. The molecule has 1 saturated carbocycles. The first-order valence-electron chi connectivity index (χ1n) is 6.80. The second-order valence-corrected chi connectivity index (χ2v) is 5.30. The summed E-state index contributed by atoms with van der Waals surface area (Å²) in [5.74, 6) is -0.248. The van der Waals surface area contributed by atoms with Crippen molar-refractivity contribution in [1.82, 2.24) is 9.91 Å². The number of carbonyl (C=O) groups excluding carboxylic acids is 2. The molecule has 2 rings (SSSR count). The fourth-order valence-electron chi connectivity index (χ4n) is 2.72. The summed E-state index contributed by atoms with van der Waals surface area (Å²) < 4.78 is 0. The lowest BCUT2D eigenvalue weighted by Gasteiger charge is -2.35. The van der Waals surface area contributed by atoms with Gasteiger partial charge >= 0.3 is 0 Å². The van der Waals surface area contributed by atoms with Crippen LogP contribution < -0.4 is 0 Å². The molecule has 6 nitrogen and oxygen atoms in total. The molecule has 0 saturated heterocycles. The third-order valence-corrected chi connectivity index (χ3v) is 3.97. The minimum atomic E-state index is -0.453. The van der Waals surface area contributed by atoms with Gasteiger partial charge in [-0.05, 0) is 12.8 Å². The lowest BCUT2D eigenvalue weighted by atomic mass is 9.91. The number of aliphatic hydroxyl groups excluding tert-OH is 1. The van der Waals surface area contributed by atoms with E-state index in [0.717, 1.165) is 25.7 Å². The zero-order chi connectivity index (χ0) is 14.0. The van der Waals surface area contributed by atoms with E-state index in [1.165, 1.54) is 5.01 Å². The van der Waals surface area contributed by atoms with Gasteiger partial charge in [-0.15, -0.1) is 0 Å². The van der Waals surface area contributed by atoms with Gasteiger partial charge in [-0.1, -0.05) is 12.8 Å². The van der Waals surface area contributed by atoms with Gasteiger partial charge in [-0.25, -0.2) is 5.01 Å². The maximum atomic E-state index is 12.3. The first kappa shape index (κ1) is 14.0. The second kappa shape index (κ2) is 5.69. The van der Waals surface area contributed by atoms with E-state index in [1.807, 2.05) is 0 Å². The molecule has 1 heterocycles. The van der Waals surface area contributed by atoms with E-state index in [2.05, 4.69) is 5.10 Å². The number of hydrazone groups is 1. The average Bonchev–Trinajstić information content (AvgIpc) is 2.41. The molecule has 106 valence electrons. The van der Waals surface area contributed by atoms with Gasteiger partial charge in [-0.3, -0.25) is 9.59 Å². The summed E-state index contributed by atoms with van der Waals surface area (Å²) in [7, 11) is 3.27. The molecule has 0 radical (unpaired) electrons. The Hall–Kier alpha value is -1.43. The Bertz CT molecular complexity index is 408. The number of hydrogen-bond acceptors (Lipinski definition) is 4. The minimum Gasteiger partial charge on any atom is -0.391 e. The summed E-state index contributed by atoms with van der Waals surface area (Å²) in [6.07, 6.45) is 3.86. The minimum absolute atomic E-state index is 0.0723. The highest BCUT2D eigenvalue weighted by molar-refractivity contribution is 6.39. The molecular weight excluding hydrogens is 246 g/mol. The van der Waals surface area contributed by atoms with Crippen LogP contribution in [0.25, 0.3) is 0 Å². The Morgan fingerprint density at radius 3 is 2.68 bits per heavy atom. The molecule has 1 fully saturated rings. The Labute approximate surface area is 113 Å². The average molecular weight is 267 g/mol. The van der Waals surface area contributed by atoms with E-state index in [9.17, 15) is 14.7 Å². The van der Waals surface area contributed by atoms with Crippen molar-refractivity contribution >= 4 is 17.5 Å². The maximum Gasteiger partial charge on any atom is 0.270 e. The molecule has 1 aliphatic carbocycles. The highest BCUT2D eigenvalue weighted by Gasteiger charge is 2.32. The summed E-state index contributed by atoms with van der Waals surface area (Å²) in [6, 6.07) is -0.133. The lowest BCUT2D eigenvalue weighted by Crippen LogP contribution is -2.49. The Kier molecular flexibility index (Phi) is 4.19. The van der Waals surface area contributed by atoms with Crippen LogP contribution in [0.3, 0.4) is 0 Å². The molecule has 0 aromatic rings. The third-order valence-electron chi connectivity index (χ3n) is 3.97. The molecule has 6 heteroatoms. The molecule has 2 aliphatic rings. The monoisotopic (exact) mass is 267 g/mol. The SMILES string of the molecule is CN1N=C(C(=O)N(C)C2CCCCC2O)CCC1=O. The van der Waals surface area contributed by atoms with Gasteiger partial charge in [0, 0.05) is 26.9 Å². The Morgan fingerprint density at radius 2 is 2.05 bits per heavy atom. The number of nitrogens with zero attached hydrogens (tertiary/aromatic N) is 3. The van der Waals surface area contributed by atoms with Gasteiger partial charge in [0.25, 0.3) is 5.91 Å². The summed E-state index contributed by atoms with van der Waals surface area (Å²) in [5.41, 5.74) is 0.405. The quantitative estimate of drug-likeness (QED) is 0.785. The van der Waals surface area contributed by atoms with Gasteiger partial charge in [0.1, 0.15) is 5.71 Å². The van der Waals surface area contributed by atoms with Gasteiger partial charge in [-0.2, -0.15) is 5.10 Å². The van der Waals surface area contributed by atoms with Gasteiger partial charge < -0.3 is 10.0 Å². The van der Waals surface area contributed by atoms with Crippen molar-refractivity contribution in [3.05, 3.63) is 0 Å². The van der Waals surface area contributed by atoms with Crippen LogP contribution in [-0.2, 0) is 9.59 Å². The fraction of sp³-hybridized carbons (Fsp3) is 0.769. The van der Waals surface area contributed by atoms with Crippen LogP contribution in [0, 0.1) is 0 Å². The van der Waals surface area contributed by atoms with Crippen LogP contribution >= 0.6 is 0 Å². The third kappa shape index (κ3) is 2.94. The zero-order valence-corrected chi connectivity index (χ0v) is 11.5. The number of hydrogen-bond donors (Lipinski definition) is 1. The molecule has 19 heavy (non-hydrogen) atoms. The highest BCUT2D eigenvalue weighted by atomic mass is 16.3. The number of aliphatic hydroxyl groups is 1. The van der Waals surface area contributed by atoms with Crippen molar-refractivity contribution in [2.24, 2.45) is 5.10 Å². The van der Waals surface area contributed by atoms with Crippen LogP contribution in [0.4, 0.5) is 0 Å². The van der Waals surface area contributed by atoms with Gasteiger partial charge in [0.15, 0.2) is 0 Å². The van der Waals surface area contributed by atoms with Crippen molar-refractivity contribution in [3.8, 4) is 0 Å². The molecule has 2 amide bonds. The van der Waals surface area contributed by atoms with Crippen molar-refractivity contribution in [2.75, 3.05) is 14.1 Å². The highest BCUT2D eigenvalue weighted by Crippen LogP contribution is 2.23. The summed E-state index contributed by atoms with van der Waals surface area (Å²) in [4.78, 5) is 25.3. The van der Waals surface area contributed by atoms with Gasteiger partial charge in [0.2, 0.25) is 5.91 Å². The molecule has 0 spiro atoms. The molecule has 0 bridgehead atoms. The predicted octanol–water partition coefficient (Wildman–Crippen LogP) is 0.356. The van der Waals surface area contributed by atoms with Crippen LogP contribution in [0.2, 0.25) is 0 Å². The van der Waals surface area contributed by atoms with Crippen molar-refractivity contribution < 1.29 is 14.7 Å². The maximum absolute atomic E-state index is 12.3. The van der Waals surface area contributed by atoms with E-state index in [0.29, 0.717) is 18.6 Å². The topological polar surface area (TPSA) is 73.2 Å². The molecule has 2 atom stereocenters. The molecular formula is C13H21N3O3. The summed E-state index contributed by atoms with van der Waals surface area (Å²) in [6.45, 7) is 0. The van der Waals surface area contributed by atoms with Crippen molar-refractivity contribution in [1.29, 1.82) is 0 Å². The van der Waals surface area contributed by atoms with Crippen LogP contribution in [0.15, 0.2) is 5.10 Å². The summed E-state index contributed by atoms with van der Waals surface area (Å²) in [5, 5.41) is 15.2. The molecule has 1 N–H and O–H groups in total. The van der Waals surface area contributed by atoms with Crippen LogP contribution in [-0.4, -0.2) is 58.8 Å². The first-order valence-corrected chi connectivity index (χ1v) is 6.80. The largest absolute Gasteiger partial charge is 0.391 e. The Balaban J connectivity index is 2.06. The standard InChI is InChI=1S/C13H21N3O3/c1-15(10-5-3-4-6-11(10)17)13(19)9-7-8-12(18)16(2)14-9/h10-11,17H,3-8H2,1-2H3. The van der Waals surface area contributed by atoms with E-state index >= 15 is 0 Å². The fourth-order valence-corrected chi connectivity index (χ4v) is 2.72.